The van der Waals surface area contributed by atoms with Gasteiger partial charge in [-0.05, 0) is 41.5 Å². The first kappa shape index (κ1) is 17.5. The van der Waals surface area contributed by atoms with Crippen LogP contribution in [0, 0.1) is 0 Å². The molecule has 0 saturated carbocycles. The predicted octanol–water partition coefficient (Wildman–Crippen LogP) is 3.65. The van der Waals surface area contributed by atoms with Gasteiger partial charge in [0.2, 0.25) is 0 Å². The van der Waals surface area contributed by atoms with Gasteiger partial charge in [-0.15, -0.1) is 0 Å². The highest BCUT2D eigenvalue weighted by molar-refractivity contribution is 6.35. The lowest BCUT2D eigenvalue weighted by molar-refractivity contribution is 0.0600. The van der Waals surface area contributed by atoms with Gasteiger partial charge in [-0.2, -0.15) is 0 Å². The van der Waals surface area contributed by atoms with Gasteiger partial charge in [0.25, 0.3) is 11.8 Å². The van der Waals surface area contributed by atoms with Gasteiger partial charge >= 0.3 is 5.97 Å². The predicted molar refractivity (Wildman–Crippen MR) is 102 cm³/mol. The fourth-order valence-electron chi connectivity index (χ4n) is 3.22. The second-order valence-corrected chi connectivity index (χ2v) is 6.27. The minimum atomic E-state index is -0.605. The Morgan fingerprint density at radius 1 is 0.857 bits per heavy atom. The number of ether oxygens (including phenoxy) is 1. The largest absolute Gasteiger partial charge is 0.506 e. The summed E-state index contributed by atoms with van der Waals surface area (Å²) in [7, 11) is 1.24. The number of carbonyl (C=O) groups is 3. The van der Waals surface area contributed by atoms with Gasteiger partial charge in [0.05, 0.1) is 29.5 Å². The van der Waals surface area contributed by atoms with Crippen LogP contribution in [0.25, 0.3) is 11.1 Å². The fourth-order valence-corrected chi connectivity index (χ4v) is 3.22. The van der Waals surface area contributed by atoms with Gasteiger partial charge in [0, 0.05) is 0 Å². The van der Waals surface area contributed by atoms with Crippen molar-refractivity contribution in [2.75, 3.05) is 12.0 Å². The van der Waals surface area contributed by atoms with Crippen LogP contribution in [0.3, 0.4) is 0 Å². The monoisotopic (exact) mass is 373 g/mol. The maximum Gasteiger partial charge on any atom is 0.337 e. The lowest BCUT2D eigenvalue weighted by atomic mass is 10.0. The van der Waals surface area contributed by atoms with Crippen molar-refractivity contribution in [2.24, 2.45) is 0 Å². The molecule has 3 aromatic rings. The number of fused-ring (bicyclic) bond motifs is 1. The van der Waals surface area contributed by atoms with Crippen molar-refractivity contribution >= 4 is 23.5 Å². The van der Waals surface area contributed by atoms with E-state index in [9.17, 15) is 19.5 Å². The molecule has 6 nitrogen and oxygen atoms in total. The highest BCUT2D eigenvalue weighted by Crippen LogP contribution is 2.37. The van der Waals surface area contributed by atoms with E-state index in [4.69, 9.17) is 0 Å². The number of phenolic OH excluding ortho intramolecular Hbond substituents is 1. The molecule has 0 aliphatic carbocycles. The van der Waals surface area contributed by atoms with Crippen molar-refractivity contribution in [3.63, 3.8) is 0 Å². The number of carbonyl (C=O) groups excluding carboxylic acids is 3. The minimum absolute atomic E-state index is 0.0900. The highest BCUT2D eigenvalue weighted by Gasteiger charge is 2.38. The average Bonchev–Trinajstić information content (AvgIpc) is 2.98. The number of anilines is 1. The minimum Gasteiger partial charge on any atom is -0.506 e. The summed E-state index contributed by atoms with van der Waals surface area (Å²) in [6, 6.07) is 18.3. The molecule has 0 unspecified atom stereocenters. The summed E-state index contributed by atoms with van der Waals surface area (Å²) in [4.78, 5) is 38.4. The fraction of sp³-hybridized carbons (Fsp3) is 0.0455. The first-order valence-electron chi connectivity index (χ1n) is 8.51. The van der Waals surface area contributed by atoms with E-state index >= 15 is 0 Å². The molecular weight excluding hydrogens is 358 g/mol. The second-order valence-electron chi connectivity index (χ2n) is 6.27. The standard InChI is InChI=1S/C22H15NO5/c1-28-22(27)15-7-9-16-17(11-15)21(26)23(20(16)25)18-12-14(8-10-19(18)24)13-5-3-2-4-6-13/h2-12,24H,1H3. The molecule has 0 spiro atoms. The number of hydrogen-bond donors (Lipinski definition) is 1. The first-order valence-corrected chi connectivity index (χ1v) is 8.51. The zero-order chi connectivity index (χ0) is 19.8. The third-order valence-electron chi connectivity index (χ3n) is 4.63. The zero-order valence-electron chi connectivity index (χ0n) is 14.9. The summed E-state index contributed by atoms with van der Waals surface area (Å²) < 4.78 is 4.66. The summed E-state index contributed by atoms with van der Waals surface area (Å²) in [6.45, 7) is 0. The molecular formula is C22H15NO5. The number of esters is 1. The Labute approximate surface area is 160 Å². The van der Waals surface area contributed by atoms with E-state index in [2.05, 4.69) is 4.74 Å². The van der Waals surface area contributed by atoms with Crippen LogP contribution < -0.4 is 4.90 Å². The SMILES string of the molecule is COC(=O)c1ccc2c(c1)C(=O)N(c1cc(-c3ccccc3)ccc1O)C2=O. The van der Waals surface area contributed by atoms with Gasteiger partial charge in [-0.3, -0.25) is 9.59 Å². The van der Waals surface area contributed by atoms with E-state index in [1.54, 1.807) is 12.1 Å². The van der Waals surface area contributed by atoms with Crippen LogP contribution in [0.15, 0.2) is 66.7 Å². The number of hydrogen-bond acceptors (Lipinski definition) is 5. The van der Waals surface area contributed by atoms with Gasteiger partial charge in [0.1, 0.15) is 5.75 Å². The molecule has 1 N–H and O–H groups in total. The van der Waals surface area contributed by atoms with Gasteiger partial charge in [0.15, 0.2) is 0 Å². The number of rotatable bonds is 3. The van der Waals surface area contributed by atoms with Gasteiger partial charge < -0.3 is 9.84 Å². The highest BCUT2D eigenvalue weighted by atomic mass is 16.5. The first-order chi connectivity index (χ1) is 13.5. The Kier molecular flexibility index (Phi) is 4.16. The molecule has 1 aliphatic rings. The summed E-state index contributed by atoms with van der Waals surface area (Å²) in [5, 5.41) is 10.3. The average molecular weight is 373 g/mol. The number of imide groups is 1. The number of aromatic hydroxyl groups is 1. The van der Waals surface area contributed by atoms with Crippen LogP contribution >= 0.6 is 0 Å². The molecule has 6 heteroatoms. The van der Waals surface area contributed by atoms with Crippen molar-refractivity contribution in [2.45, 2.75) is 0 Å². The number of amides is 2. The van der Waals surface area contributed by atoms with Crippen molar-refractivity contribution in [3.8, 4) is 16.9 Å². The zero-order valence-corrected chi connectivity index (χ0v) is 14.9. The number of methoxy groups -OCH3 is 1. The third-order valence-corrected chi connectivity index (χ3v) is 4.63. The van der Waals surface area contributed by atoms with Crippen molar-refractivity contribution in [1.82, 2.24) is 0 Å². The molecule has 4 rings (SSSR count). The van der Waals surface area contributed by atoms with Crippen LogP contribution in [-0.4, -0.2) is 30.0 Å². The maximum absolute atomic E-state index is 12.9. The van der Waals surface area contributed by atoms with E-state index in [-0.39, 0.29) is 28.1 Å². The molecule has 0 aromatic heterocycles. The molecule has 0 radical (unpaired) electrons. The Morgan fingerprint density at radius 2 is 1.57 bits per heavy atom. The molecule has 28 heavy (non-hydrogen) atoms. The molecule has 0 atom stereocenters. The Morgan fingerprint density at radius 3 is 2.29 bits per heavy atom. The summed E-state index contributed by atoms with van der Waals surface area (Å²) >= 11 is 0. The summed E-state index contributed by atoms with van der Waals surface area (Å²) in [5.74, 6) is -1.96. The number of phenols is 1. The van der Waals surface area contributed by atoms with Crippen LogP contribution in [0.5, 0.6) is 5.75 Å². The van der Waals surface area contributed by atoms with Gasteiger partial charge in [-0.1, -0.05) is 36.4 Å². The smallest absolute Gasteiger partial charge is 0.337 e. The Bertz CT molecular complexity index is 1120. The molecule has 138 valence electrons. The Hall–Kier alpha value is -3.93. The van der Waals surface area contributed by atoms with Crippen LogP contribution in [-0.2, 0) is 4.74 Å². The van der Waals surface area contributed by atoms with E-state index < -0.39 is 17.8 Å². The van der Waals surface area contributed by atoms with Crippen LogP contribution in [0.4, 0.5) is 5.69 Å². The molecule has 0 fully saturated rings. The van der Waals surface area contributed by atoms with E-state index in [1.807, 2.05) is 30.3 Å². The molecule has 0 saturated heterocycles. The topological polar surface area (TPSA) is 83.9 Å². The number of benzene rings is 3. The normalized spacial score (nSPS) is 12.8. The molecule has 1 aliphatic heterocycles. The number of nitrogens with zero attached hydrogens (tertiary/aromatic N) is 1. The second kappa shape index (κ2) is 6.66. The third kappa shape index (κ3) is 2.72. The van der Waals surface area contributed by atoms with E-state index in [0.29, 0.717) is 0 Å². The lowest BCUT2D eigenvalue weighted by Crippen LogP contribution is -2.29. The quantitative estimate of drug-likeness (QED) is 0.560. The molecule has 2 amide bonds. The molecule has 1 heterocycles. The summed E-state index contributed by atoms with van der Waals surface area (Å²) in [5.41, 5.74) is 2.16. The Balaban J connectivity index is 1.79. The van der Waals surface area contributed by atoms with Crippen molar-refractivity contribution < 1.29 is 24.2 Å². The lowest BCUT2D eigenvalue weighted by Gasteiger charge is -2.16. The van der Waals surface area contributed by atoms with E-state index in [0.717, 1.165) is 16.0 Å². The van der Waals surface area contributed by atoms with Crippen LogP contribution in [0.1, 0.15) is 31.1 Å². The van der Waals surface area contributed by atoms with Crippen LogP contribution in [0.2, 0.25) is 0 Å². The van der Waals surface area contributed by atoms with Gasteiger partial charge in [-0.25, -0.2) is 9.69 Å². The van der Waals surface area contributed by atoms with E-state index in [1.165, 1.54) is 31.4 Å². The molecule has 3 aromatic carbocycles. The van der Waals surface area contributed by atoms with Crippen molar-refractivity contribution in [1.29, 1.82) is 0 Å². The summed E-state index contributed by atoms with van der Waals surface area (Å²) in [6.07, 6.45) is 0. The maximum atomic E-state index is 12.9. The van der Waals surface area contributed by atoms with Crippen molar-refractivity contribution in [3.05, 3.63) is 83.4 Å². The molecule has 0 bridgehead atoms.